The van der Waals surface area contributed by atoms with Gasteiger partial charge in [-0.05, 0) is 18.9 Å². The van der Waals surface area contributed by atoms with Crippen molar-refractivity contribution in [2.45, 2.75) is 38.8 Å². The Balaban J connectivity index is 4.40. The molecule has 0 aromatic rings. The van der Waals surface area contributed by atoms with Crippen molar-refractivity contribution >= 4 is 11.9 Å². The molecular weight excluding hydrogens is 210 g/mol. The molecule has 94 valence electrons. The van der Waals surface area contributed by atoms with Crippen molar-refractivity contribution in [1.82, 2.24) is 5.32 Å². The summed E-state index contributed by atoms with van der Waals surface area (Å²) in [5.74, 6) is -1.63. The van der Waals surface area contributed by atoms with Crippen LogP contribution in [0.15, 0.2) is 0 Å². The second-order valence-electron chi connectivity index (χ2n) is 3.89. The smallest absolute Gasteiger partial charge is 0.326 e. The molecule has 6 heteroatoms. The lowest BCUT2D eigenvalue weighted by atomic mass is 9.99. The van der Waals surface area contributed by atoms with Crippen molar-refractivity contribution in [3.05, 3.63) is 0 Å². The largest absolute Gasteiger partial charge is 0.480 e. The predicted molar refractivity (Wildman–Crippen MR) is 60.7 cm³/mol. The molecule has 0 bridgehead atoms. The highest BCUT2D eigenvalue weighted by molar-refractivity contribution is 5.86. The molecule has 0 saturated heterocycles. The maximum atomic E-state index is 11.5. The quantitative estimate of drug-likeness (QED) is 0.461. The first-order valence-electron chi connectivity index (χ1n) is 5.42. The van der Waals surface area contributed by atoms with Crippen molar-refractivity contribution in [1.29, 1.82) is 0 Å². The lowest BCUT2D eigenvalue weighted by Crippen LogP contribution is -2.51. The van der Waals surface area contributed by atoms with E-state index in [1.54, 1.807) is 6.92 Å². The molecule has 0 spiro atoms. The Hall–Kier alpha value is -1.14. The molecule has 3 atom stereocenters. The average molecular weight is 231 g/mol. The van der Waals surface area contributed by atoms with Crippen LogP contribution in [0.1, 0.15) is 26.7 Å². The minimum absolute atomic E-state index is 0.133. The Morgan fingerprint density at radius 3 is 2.38 bits per heavy atom. The zero-order chi connectivity index (χ0) is 12.7. The van der Waals surface area contributed by atoms with Crippen LogP contribution in [-0.4, -0.2) is 35.6 Å². The average Bonchev–Trinajstić information content (AvgIpc) is 2.24. The first-order chi connectivity index (χ1) is 7.43. The fourth-order valence-corrected chi connectivity index (χ4v) is 1.25. The summed E-state index contributed by atoms with van der Waals surface area (Å²) in [4.78, 5) is 22.4. The number of rotatable bonds is 7. The molecule has 0 fully saturated rings. The Morgan fingerprint density at radius 2 is 2.00 bits per heavy atom. The minimum atomic E-state index is -1.04. The number of carbonyl (C=O) groups is 2. The van der Waals surface area contributed by atoms with Crippen LogP contribution in [-0.2, 0) is 9.59 Å². The monoisotopic (exact) mass is 231 g/mol. The molecule has 0 aromatic carbocycles. The lowest BCUT2D eigenvalue weighted by Gasteiger charge is -2.21. The highest BCUT2D eigenvalue weighted by Gasteiger charge is 2.26. The van der Waals surface area contributed by atoms with Gasteiger partial charge < -0.3 is 21.9 Å². The third-order valence-corrected chi connectivity index (χ3v) is 2.59. The third-order valence-electron chi connectivity index (χ3n) is 2.59. The molecule has 0 aliphatic rings. The van der Waals surface area contributed by atoms with Gasteiger partial charge >= 0.3 is 5.97 Å². The van der Waals surface area contributed by atoms with Crippen LogP contribution in [0.25, 0.3) is 0 Å². The fraction of sp³-hybridized carbons (Fsp3) is 0.800. The molecule has 0 aliphatic carbocycles. The van der Waals surface area contributed by atoms with Crippen molar-refractivity contribution in [3.8, 4) is 0 Å². The molecule has 0 aromatic heterocycles. The number of hydrogen-bond acceptors (Lipinski definition) is 4. The van der Waals surface area contributed by atoms with Gasteiger partial charge in [-0.3, -0.25) is 4.79 Å². The standard InChI is InChI=1S/C10H21N3O3/c1-3-6(2)8(10(15)16)13-9(14)7(12)4-5-11/h6-8H,3-5,11-12H2,1-2H3,(H,13,14)(H,15,16)/t6-,7-,8-/m0/s1. The van der Waals surface area contributed by atoms with Gasteiger partial charge in [-0.2, -0.15) is 0 Å². The molecule has 0 heterocycles. The van der Waals surface area contributed by atoms with E-state index in [0.29, 0.717) is 19.4 Å². The zero-order valence-electron chi connectivity index (χ0n) is 9.77. The van der Waals surface area contributed by atoms with E-state index < -0.39 is 24.0 Å². The van der Waals surface area contributed by atoms with Gasteiger partial charge in [0.15, 0.2) is 0 Å². The molecule has 0 saturated carbocycles. The summed E-state index contributed by atoms with van der Waals surface area (Å²) in [6.07, 6.45) is 1.02. The number of amides is 1. The van der Waals surface area contributed by atoms with Gasteiger partial charge in [0.2, 0.25) is 5.91 Å². The van der Waals surface area contributed by atoms with Crippen molar-refractivity contribution in [3.63, 3.8) is 0 Å². The van der Waals surface area contributed by atoms with Crippen LogP contribution in [0, 0.1) is 5.92 Å². The van der Waals surface area contributed by atoms with E-state index in [2.05, 4.69) is 5.32 Å². The van der Waals surface area contributed by atoms with Crippen molar-refractivity contribution in [2.24, 2.45) is 17.4 Å². The summed E-state index contributed by atoms with van der Waals surface area (Å²) in [5, 5.41) is 11.4. The van der Waals surface area contributed by atoms with E-state index in [-0.39, 0.29) is 5.92 Å². The summed E-state index contributed by atoms with van der Waals surface area (Å²) < 4.78 is 0. The second kappa shape index (κ2) is 7.19. The zero-order valence-corrected chi connectivity index (χ0v) is 9.77. The highest BCUT2D eigenvalue weighted by atomic mass is 16.4. The van der Waals surface area contributed by atoms with Gasteiger partial charge in [0.1, 0.15) is 6.04 Å². The Bertz CT molecular complexity index is 245. The maximum Gasteiger partial charge on any atom is 0.326 e. The normalized spacial score (nSPS) is 16.2. The van der Waals surface area contributed by atoms with E-state index >= 15 is 0 Å². The number of hydrogen-bond donors (Lipinski definition) is 4. The number of carboxylic acid groups (broad SMARTS) is 1. The minimum Gasteiger partial charge on any atom is -0.480 e. The molecule has 0 rings (SSSR count). The number of carboxylic acids is 1. The highest BCUT2D eigenvalue weighted by Crippen LogP contribution is 2.08. The lowest BCUT2D eigenvalue weighted by molar-refractivity contribution is -0.143. The first-order valence-corrected chi connectivity index (χ1v) is 5.42. The van der Waals surface area contributed by atoms with Gasteiger partial charge in [-0.1, -0.05) is 20.3 Å². The Kier molecular flexibility index (Phi) is 6.67. The molecule has 0 unspecified atom stereocenters. The van der Waals surface area contributed by atoms with Gasteiger partial charge in [-0.25, -0.2) is 4.79 Å². The first kappa shape index (κ1) is 14.9. The van der Waals surface area contributed by atoms with E-state index in [1.807, 2.05) is 6.92 Å². The van der Waals surface area contributed by atoms with Gasteiger partial charge in [0.25, 0.3) is 0 Å². The number of nitrogens with two attached hydrogens (primary N) is 2. The van der Waals surface area contributed by atoms with Crippen LogP contribution >= 0.6 is 0 Å². The maximum absolute atomic E-state index is 11.5. The Morgan fingerprint density at radius 1 is 1.44 bits per heavy atom. The molecule has 1 amide bonds. The van der Waals surface area contributed by atoms with Crippen LogP contribution < -0.4 is 16.8 Å². The van der Waals surface area contributed by atoms with Gasteiger partial charge in [0.05, 0.1) is 6.04 Å². The SMILES string of the molecule is CC[C@H](C)[C@H](NC(=O)[C@@H](N)CCN)C(=O)O. The van der Waals surface area contributed by atoms with Crippen LogP contribution in [0.4, 0.5) is 0 Å². The van der Waals surface area contributed by atoms with E-state index in [9.17, 15) is 9.59 Å². The summed E-state index contributed by atoms with van der Waals surface area (Å²) in [6.45, 7) is 3.94. The number of carbonyl (C=O) groups excluding carboxylic acids is 1. The molecule has 0 aliphatic heterocycles. The van der Waals surface area contributed by atoms with Crippen molar-refractivity contribution in [2.75, 3.05) is 6.54 Å². The predicted octanol–water partition coefficient (Wildman–Crippen LogP) is -0.722. The molecular formula is C10H21N3O3. The summed E-state index contributed by atoms with van der Waals surface area (Å²) >= 11 is 0. The van der Waals surface area contributed by atoms with E-state index in [0.717, 1.165) is 0 Å². The third kappa shape index (κ3) is 4.59. The van der Waals surface area contributed by atoms with E-state index in [1.165, 1.54) is 0 Å². The number of nitrogens with one attached hydrogen (secondary N) is 1. The van der Waals surface area contributed by atoms with E-state index in [4.69, 9.17) is 16.6 Å². The summed E-state index contributed by atoms with van der Waals surface area (Å²) in [5.41, 5.74) is 10.8. The Labute approximate surface area is 95.4 Å². The van der Waals surface area contributed by atoms with Crippen LogP contribution in [0.3, 0.4) is 0 Å². The van der Waals surface area contributed by atoms with Gasteiger partial charge in [-0.15, -0.1) is 0 Å². The fourth-order valence-electron chi connectivity index (χ4n) is 1.25. The molecule has 0 radical (unpaired) electrons. The second-order valence-corrected chi connectivity index (χ2v) is 3.89. The van der Waals surface area contributed by atoms with Crippen molar-refractivity contribution < 1.29 is 14.7 Å². The topological polar surface area (TPSA) is 118 Å². The van der Waals surface area contributed by atoms with Crippen LogP contribution in [0.5, 0.6) is 0 Å². The molecule has 6 N–H and O–H groups in total. The molecule has 6 nitrogen and oxygen atoms in total. The van der Waals surface area contributed by atoms with Crippen LogP contribution in [0.2, 0.25) is 0 Å². The van der Waals surface area contributed by atoms with Gasteiger partial charge in [0, 0.05) is 0 Å². The number of aliphatic carboxylic acids is 1. The summed E-state index contributed by atoms with van der Waals surface area (Å²) in [6, 6.07) is -1.63. The summed E-state index contributed by atoms with van der Waals surface area (Å²) in [7, 11) is 0. The molecule has 16 heavy (non-hydrogen) atoms.